The summed E-state index contributed by atoms with van der Waals surface area (Å²) < 4.78 is 6.71. The monoisotopic (exact) mass is 336 g/mol. The smallest absolute Gasteiger partial charge is 0.293 e. The molecule has 0 N–H and O–H groups in total. The molecule has 0 saturated heterocycles. The molecule has 2 atom stereocenters. The first-order chi connectivity index (χ1) is 11.9. The standard InChI is InChI=1S/C19H16N2O4/c1-19(2)17(24)13-7-6-12(10-20)9-14(13)16(18(19)25-11-22)21-8-4-3-5-15(21)23/h3-9,11,16,18H,1-2H3. The van der Waals surface area contributed by atoms with E-state index < -0.39 is 17.6 Å². The normalized spacial score (nSPS) is 21.1. The molecule has 126 valence electrons. The zero-order valence-electron chi connectivity index (χ0n) is 13.8. The van der Waals surface area contributed by atoms with Crippen LogP contribution in [0.2, 0.25) is 0 Å². The van der Waals surface area contributed by atoms with Gasteiger partial charge in [0.05, 0.1) is 17.0 Å². The Kier molecular flexibility index (Phi) is 4.01. The third kappa shape index (κ3) is 2.54. The van der Waals surface area contributed by atoms with E-state index in [2.05, 4.69) is 0 Å². The van der Waals surface area contributed by atoms with Gasteiger partial charge in [0.2, 0.25) is 0 Å². The zero-order chi connectivity index (χ0) is 18.2. The molecule has 1 aromatic carbocycles. The number of pyridine rings is 1. The van der Waals surface area contributed by atoms with E-state index in [9.17, 15) is 19.6 Å². The van der Waals surface area contributed by atoms with Crippen molar-refractivity contribution in [3.05, 3.63) is 69.6 Å². The Balaban J connectivity index is 2.35. The van der Waals surface area contributed by atoms with Crippen LogP contribution in [0.15, 0.2) is 47.4 Å². The number of nitrogens with zero attached hydrogens (tertiary/aromatic N) is 2. The van der Waals surface area contributed by atoms with E-state index in [-0.39, 0.29) is 11.3 Å². The highest BCUT2D eigenvalue weighted by atomic mass is 16.5. The predicted octanol–water partition coefficient (Wildman–Crippen LogP) is 2.07. The van der Waals surface area contributed by atoms with E-state index in [1.54, 1.807) is 50.4 Å². The second-order valence-electron chi connectivity index (χ2n) is 6.51. The molecule has 3 rings (SSSR count). The first-order valence-corrected chi connectivity index (χ1v) is 7.77. The molecule has 6 heteroatoms. The predicted molar refractivity (Wildman–Crippen MR) is 89.0 cm³/mol. The van der Waals surface area contributed by atoms with Gasteiger partial charge in [0.25, 0.3) is 12.0 Å². The Morgan fingerprint density at radius 2 is 2.00 bits per heavy atom. The van der Waals surface area contributed by atoms with Gasteiger partial charge >= 0.3 is 0 Å². The maximum atomic E-state index is 12.9. The minimum Gasteiger partial charge on any atom is -0.461 e. The molecule has 1 heterocycles. The molecule has 0 radical (unpaired) electrons. The topological polar surface area (TPSA) is 89.2 Å². The summed E-state index contributed by atoms with van der Waals surface area (Å²) in [5.41, 5.74) is -0.0169. The van der Waals surface area contributed by atoms with Gasteiger partial charge in [0, 0.05) is 17.8 Å². The van der Waals surface area contributed by atoms with Gasteiger partial charge in [-0.2, -0.15) is 5.26 Å². The van der Waals surface area contributed by atoms with Crippen LogP contribution in [0.1, 0.15) is 41.4 Å². The summed E-state index contributed by atoms with van der Waals surface area (Å²) in [7, 11) is 0. The van der Waals surface area contributed by atoms with E-state index in [0.29, 0.717) is 23.2 Å². The molecular formula is C19H16N2O4. The van der Waals surface area contributed by atoms with Gasteiger partial charge in [0.1, 0.15) is 12.1 Å². The number of rotatable bonds is 3. The Bertz CT molecular complexity index is 952. The largest absolute Gasteiger partial charge is 0.461 e. The summed E-state index contributed by atoms with van der Waals surface area (Å²) in [6, 6.07) is 10.8. The molecule has 2 unspecified atom stereocenters. The van der Waals surface area contributed by atoms with Crippen molar-refractivity contribution in [2.75, 3.05) is 0 Å². The third-order valence-electron chi connectivity index (χ3n) is 4.68. The molecule has 25 heavy (non-hydrogen) atoms. The maximum Gasteiger partial charge on any atom is 0.293 e. The zero-order valence-corrected chi connectivity index (χ0v) is 13.8. The Morgan fingerprint density at radius 1 is 1.24 bits per heavy atom. The molecule has 0 fully saturated rings. The average molecular weight is 336 g/mol. The summed E-state index contributed by atoms with van der Waals surface area (Å²) >= 11 is 0. The highest BCUT2D eigenvalue weighted by Gasteiger charge is 2.50. The van der Waals surface area contributed by atoms with Gasteiger partial charge in [-0.25, -0.2) is 0 Å². The Hall–Kier alpha value is -3.20. The first kappa shape index (κ1) is 16.7. The van der Waals surface area contributed by atoms with E-state index >= 15 is 0 Å². The van der Waals surface area contributed by atoms with Crippen LogP contribution in [0.5, 0.6) is 0 Å². The van der Waals surface area contributed by atoms with Crippen molar-refractivity contribution in [2.24, 2.45) is 5.41 Å². The van der Waals surface area contributed by atoms with Crippen molar-refractivity contribution in [3.63, 3.8) is 0 Å². The van der Waals surface area contributed by atoms with Crippen molar-refractivity contribution < 1.29 is 14.3 Å². The average Bonchev–Trinajstić information content (AvgIpc) is 2.61. The molecule has 1 aliphatic carbocycles. The molecule has 0 spiro atoms. The number of aromatic nitrogens is 1. The SMILES string of the molecule is CC1(C)C(=O)c2ccc(C#N)cc2C(n2ccccc2=O)C1OC=O. The van der Waals surface area contributed by atoms with Crippen LogP contribution >= 0.6 is 0 Å². The van der Waals surface area contributed by atoms with Gasteiger partial charge in [-0.3, -0.25) is 14.4 Å². The van der Waals surface area contributed by atoms with Crippen molar-refractivity contribution in [1.29, 1.82) is 5.26 Å². The number of Topliss-reactive ketones (excluding diaryl/α,β-unsaturated/α-hetero) is 1. The number of nitriles is 1. The number of hydrogen-bond donors (Lipinski definition) is 0. The van der Waals surface area contributed by atoms with Gasteiger partial charge in [0.15, 0.2) is 5.78 Å². The fourth-order valence-electron chi connectivity index (χ4n) is 3.39. The lowest BCUT2D eigenvalue weighted by molar-refractivity contribution is -0.140. The van der Waals surface area contributed by atoms with E-state index in [4.69, 9.17) is 4.74 Å². The van der Waals surface area contributed by atoms with Gasteiger partial charge in [-0.05, 0) is 43.7 Å². The number of fused-ring (bicyclic) bond motifs is 1. The summed E-state index contributed by atoms with van der Waals surface area (Å²) in [5.74, 6) is -0.195. The van der Waals surface area contributed by atoms with Crippen LogP contribution in [0.25, 0.3) is 0 Å². The van der Waals surface area contributed by atoms with Crippen molar-refractivity contribution in [1.82, 2.24) is 4.57 Å². The van der Waals surface area contributed by atoms with Crippen LogP contribution in [-0.2, 0) is 9.53 Å². The third-order valence-corrected chi connectivity index (χ3v) is 4.68. The molecule has 0 saturated carbocycles. The number of hydrogen-bond acceptors (Lipinski definition) is 5. The molecule has 6 nitrogen and oxygen atoms in total. The second-order valence-corrected chi connectivity index (χ2v) is 6.51. The number of ketones is 1. The van der Waals surface area contributed by atoms with Crippen molar-refractivity contribution in [3.8, 4) is 6.07 Å². The lowest BCUT2D eigenvalue weighted by Crippen LogP contribution is -2.50. The van der Waals surface area contributed by atoms with Gasteiger partial charge in [-0.15, -0.1) is 0 Å². The highest BCUT2D eigenvalue weighted by molar-refractivity contribution is 6.03. The quantitative estimate of drug-likeness (QED) is 0.801. The lowest BCUT2D eigenvalue weighted by atomic mass is 9.68. The van der Waals surface area contributed by atoms with Crippen LogP contribution in [-0.4, -0.2) is 22.9 Å². The number of benzene rings is 1. The van der Waals surface area contributed by atoms with Gasteiger partial charge < -0.3 is 9.30 Å². The molecule has 0 amide bonds. The van der Waals surface area contributed by atoms with E-state index in [0.717, 1.165) is 0 Å². The summed E-state index contributed by atoms with van der Waals surface area (Å²) in [6.45, 7) is 3.66. The molecular weight excluding hydrogens is 320 g/mol. The molecule has 1 aromatic heterocycles. The first-order valence-electron chi connectivity index (χ1n) is 7.77. The maximum absolute atomic E-state index is 12.9. The summed E-state index contributed by atoms with van der Waals surface area (Å²) in [4.78, 5) is 36.4. The van der Waals surface area contributed by atoms with E-state index in [1.165, 1.54) is 10.6 Å². The minimum atomic E-state index is -1.03. The Morgan fingerprint density at radius 3 is 2.64 bits per heavy atom. The second kappa shape index (κ2) is 6.02. The van der Waals surface area contributed by atoms with Crippen LogP contribution < -0.4 is 5.56 Å². The lowest BCUT2D eigenvalue weighted by Gasteiger charge is -2.42. The number of carbonyl (C=O) groups is 2. The fourth-order valence-corrected chi connectivity index (χ4v) is 3.39. The number of ether oxygens (including phenoxy) is 1. The van der Waals surface area contributed by atoms with E-state index in [1.807, 2.05) is 6.07 Å². The summed E-state index contributed by atoms with van der Waals surface area (Å²) in [5, 5.41) is 9.20. The van der Waals surface area contributed by atoms with Crippen molar-refractivity contribution >= 4 is 12.3 Å². The van der Waals surface area contributed by atoms with Crippen LogP contribution in [0.4, 0.5) is 0 Å². The fraction of sp³-hybridized carbons (Fsp3) is 0.263. The molecule has 0 aliphatic heterocycles. The molecule has 2 aromatic rings. The summed E-state index contributed by atoms with van der Waals surface area (Å²) in [6.07, 6.45) is 0.710. The van der Waals surface area contributed by atoms with Gasteiger partial charge in [-0.1, -0.05) is 6.07 Å². The van der Waals surface area contributed by atoms with Crippen LogP contribution in [0.3, 0.4) is 0 Å². The Labute approximate surface area is 144 Å². The highest BCUT2D eigenvalue weighted by Crippen LogP contribution is 2.44. The molecule has 1 aliphatic rings. The van der Waals surface area contributed by atoms with Crippen LogP contribution in [0, 0.1) is 16.7 Å². The minimum absolute atomic E-state index is 0.195. The molecule has 0 bridgehead atoms. The number of carbonyl (C=O) groups excluding carboxylic acids is 2. The van der Waals surface area contributed by atoms with Crippen molar-refractivity contribution in [2.45, 2.75) is 26.0 Å².